The van der Waals surface area contributed by atoms with Crippen molar-refractivity contribution in [2.24, 2.45) is 5.10 Å². The normalized spacial score (nSPS) is 10.9. The van der Waals surface area contributed by atoms with Gasteiger partial charge in [-0.2, -0.15) is 5.10 Å². The lowest BCUT2D eigenvalue weighted by Crippen LogP contribution is -2.00. The molecular formula is C23H17ClN4O. The van der Waals surface area contributed by atoms with Crippen molar-refractivity contribution in [1.82, 2.24) is 9.97 Å². The van der Waals surface area contributed by atoms with Crippen LogP contribution in [-0.2, 0) is 0 Å². The topological polar surface area (TPSA) is 70.4 Å². The third-order valence-corrected chi connectivity index (χ3v) is 4.49. The van der Waals surface area contributed by atoms with Gasteiger partial charge in [0, 0.05) is 21.7 Å². The minimum atomic E-state index is 0.152. The molecule has 0 amide bonds. The zero-order chi connectivity index (χ0) is 20.1. The number of rotatable bonds is 5. The molecule has 29 heavy (non-hydrogen) atoms. The summed E-state index contributed by atoms with van der Waals surface area (Å²) in [6.07, 6.45) is 1.52. The summed E-state index contributed by atoms with van der Waals surface area (Å²) in [4.78, 5) is 9.15. The fourth-order valence-electron chi connectivity index (χ4n) is 2.78. The number of aromatic nitrogens is 2. The second kappa shape index (κ2) is 8.54. The Morgan fingerprint density at radius 2 is 1.41 bits per heavy atom. The summed E-state index contributed by atoms with van der Waals surface area (Å²) in [5.74, 6) is 0.502. The highest BCUT2D eigenvalue weighted by Gasteiger charge is 2.08. The van der Waals surface area contributed by atoms with Crippen LogP contribution in [0.15, 0.2) is 90.0 Å². The number of phenols is 1. The third kappa shape index (κ3) is 4.59. The molecule has 142 valence electrons. The Balaban J connectivity index is 1.69. The number of aromatic hydroxyl groups is 1. The fourth-order valence-corrected chi connectivity index (χ4v) is 2.90. The van der Waals surface area contributed by atoms with Crippen LogP contribution >= 0.6 is 11.6 Å². The number of nitrogens with one attached hydrogen (secondary N) is 1. The van der Waals surface area contributed by atoms with Crippen LogP contribution in [0.5, 0.6) is 5.75 Å². The van der Waals surface area contributed by atoms with Crippen LogP contribution in [0.4, 0.5) is 5.95 Å². The summed E-state index contributed by atoms with van der Waals surface area (Å²) in [5.41, 5.74) is 6.86. The molecule has 0 aliphatic heterocycles. The maximum Gasteiger partial charge on any atom is 0.244 e. The second-order valence-electron chi connectivity index (χ2n) is 6.26. The molecule has 0 saturated carbocycles. The van der Waals surface area contributed by atoms with Crippen molar-refractivity contribution in [3.63, 3.8) is 0 Å². The lowest BCUT2D eigenvalue weighted by Gasteiger charge is -2.08. The lowest BCUT2D eigenvalue weighted by molar-refractivity contribution is 0.474. The van der Waals surface area contributed by atoms with E-state index in [9.17, 15) is 5.11 Å². The average molecular weight is 401 g/mol. The smallest absolute Gasteiger partial charge is 0.244 e. The van der Waals surface area contributed by atoms with Gasteiger partial charge in [-0.3, -0.25) is 0 Å². The van der Waals surface area contributed by atoms with Crippen LogP contribution < -0.4 is 5.43 Å². The van der Waals surface area contributed by atoms with Crippen molar-refractivity contribution in [3.8, 4) is 28.3 Å². The summed E-state index contributed by atoms with van der Waals surface area (Å²) >= 11 is 6.01. The predicted octanol–water partition coefficient (Wildman–Crippen LogP) is 5.62. The van der Waals surface area contributed by atoms with Crippen LogP contribution in [0.3, 0.4) is 0 Å². The van der Waals surface area contributed by atoms with Crippen LogP contribution in [0.1, 0.15) is 5.56 Å². The van der Waals surface area contributed by atoms with Crippen molar-refractivity contribution < 1.29 is 5.11 Å². The molecule has 1 aromatic heterocycles. The number of hydrazone groups is 1. The molecule has 0 saturated heterocycles. The van der Waals surface area contributed by atoms with E-state index in [2.05, 4.69) is 20.5 Å². The van der Waals surface area contributed by atoms with Crippen LogP contribution in [-0.4, -0.2) is 21.3 Å². The first-order valence-corrected chi connectivity index (χ1v) is 9.34. The molecule has 5 nitrogen and oxygen atoms in total. The number of phenolic OH excluding ortho intramolecular Hbond substituents is 1. The number of halogens is 1. The van der Waals surface area contributed by atoms with E-state index >= 15 is 0 Å². The third-order valence-electron chi connectivity index (χ3n) is 4.24. The van der Waals surface area contributed by atoms with E-state index in [1.807, 2.05) is 66.7 Å². The molecule has 0 unspecified atom stereocenters. The van der Waals surface area contributed by atoms with Gasteiger partial charge in [0.25, 0.3) is 0 Å². The Morgan fingerprint density at radius 3 is 2.10 bits per heavy atom. The number of nitrogens with zero attached hydrogens (tertiary/aromatic N) is 3. The largest absolute Gasteiger partial charge is 0.507 e. The summed E-state index contributed by atoms with van der Waals surface area (Å²) in [7, 11) is 0. The summed E-state index contributed by atoms with van der Waals surface area (Å²) in [6.45, 7) is 0. The Kier molecular flexibility index (Phi) is 5.49. The van der Waals surface area contributed by atoms with E-state index in [-0.39, 0.29) is 5.75 Å². The van der Waals surface area contributed by atoms with Gasteiger partial charge in [0.05, 0.1) is 17.6 Å². The Labute approximate surface area is 173 Å². The van der Waals surface area contributed by atoms with E-state index in [0.717, 1.165) is 22.5 Å². The Hall–Kier alpha value is -3.70. The summed E-state index contributed by atoms with van der Waals surface area (Å²) < 4.78 is 0. The van der Waals surface area contributed by atoms with Gasteiger partial charge in [-0.05, 0) is 30.3 Å². The first kappa shape index (κ1) is 18.7. The first-order valence-electron chi connectivity index (χ1n) is 8.96. The Bertz CT molecular complexity index is 1150. The molecule has 0 aliphatic rings. The molecule has 6 heteroatoms. The van der Waals surface area contributed by atoms with Gasteiger partial charge in [0.15, 0.2) is 0 Å². The fraction of sp³-hybridized carbons (Fsp3) is 0. The molecule has 0 aliphatic carbocycles. The van der Waals surface area contributed by atoms with Gasteiger partial charge in [-0.25, -0.2) is 15.4 Å². The summed E-state index contributed by atoms with van der Waals surface area (Å²) in [5, 5.41) is 14.7. The van der Waals surface area contributed by atoms with E-state index < -0.39 is 0 Å². The highest BCUT2D eigenvalue weighted by molar-refractivity contribution is 6.30. The second-order valence-corrected chi connectivity index (χ2v) is 6.70. The zero-order valence-corrected chi connectivity index (χ0v) is 16.1. The molecule has 0 spiro atoms. The molecule has 0 bridgehead atoms. The van der Waals surface area contributed by atoms with Gasteiger partial charge in [0.1, 0.15) is 5.75 Å². The number of benzene rings is 3. The lowest BCUT2D eigenvalue weighted by atomic mass is 10.1. The maximum absolute atomic E-state index is 9.85. The maximum atomic E-state index is 9.85. The number of hydrogen-bond donors (Lipinski definition) is 2. The molecule has 2 N–H and O–H groups in total. The standard InChI is InChI=1S/C23H17ClN4O/c24-19-12-10-17(11-13-19)21-14-20(16-6-2-1-3-7-16)26-23(27-21)28-25-15-18-8-4-5-9-22(18)29/h1-15,29H,(H,26,27,28)/b25-15+. The van der Waals surface area contributed by atoms with Crippen LogP contribution in [0, 0.1) is 0 Å². The SMILES string of the molecule is Oc1ccccc1/C=N/Nc1nc(-c2ccccc2)cc(-c2ccc(Cl)cc2)n1. The molecule has 4 aromatic rings. The van der Waals surface area contributed by atoms with Gasteiger partial charge in [-0.15, -0.1) is 0 Å². The number of hydrogen-bond acceptors (Lipinski definition) is 5. The van der Waals surface area contributed by atoms with Crippen molar-refractivity contribution in [3.05, 3.63) is 95.5 Å². The zero-order valence-electron chi connectivity index (χ0n) is 15.3. The van der Waals surface area contributed by atoms with Gasteiger partial charge in [0.2, 0.25) is 5.95 Å². The quantitative estimate of drug-likeness (QED) is 0.337. The predicted molar refractivity (Wildman–Crippen MR) is 117 cm³/mol. The molecule has 0 radical (unpaired) electrons. The van der Waals surface area contributed by atoms with Crippen LogP contribution in [0.25, 0.3) is 22.5 Å². The van der Waals surface area contributed by atoms with Gasteiger partial charge < -0.3 is 5.11 Å². The van der Waals surface area contributed by atoms with Crippen LogP contribution in [0.2, 0.25) is 5.02 Å². The van der Waals surface area contributed by atoms with Crippen molar-refractivity contribution in [2.75, 3.05) is 5.43 Å². The first-order chi connectivity index (χ1) is 14.2. The average Bonchev–Trinajstić information content (AvgIpc) is 2.76. The molecule has 0 atom stereocenters. The molecule has 0 fully saturated rings. The molecule has 1 heterocycles. The Morgan fingerprint density at radius 1 is 0.793 bits per heavy atom. The van der Waals surface area contributed by atoms with Gasteiger partial charge >= 0.3 is 0 Å². The minimum absolute atomic E-state index is 0.152. The molecule has 4 rings (SSSR count). The highest BCUT2D eigenvalue weighted by atomic mass is 35.5. The highest BCUT2D eigenvalue weighted by Crippen LogP contribution is 2.26. The van der Waals surface area contributed by atoms with Crippen molar-refractivity contribution in [2.45, 2.75) is 0 Å². The number of anilines is 1. The minimum Gasteiger partial charge on any atom is -0.507 e. The van der Waals surface area contributed by atoms with E-state index in [1.165, 1.54) is 6.21 Å². The van der Waals surface area contributed by atoms with Crippen molar-refractivity contribution >= 4 is 23.8 Å². The van der Waals surface area contributed by atoms with E-state index in [1.54, 1.807) is 18.2 Å². The van der Waals surface area contributed by atoms with E-state index in [4.69, 9.17) is 11.6 Å². The number of para-hydroxylation sites is 1. The summed E-state index contributed by atoms with van der Waals surface area (Å²) in [6, 6.07) is 26.2. The monoisotopic (exact) mass is 400 g/mol. The van der Waals surface area contributed by atoms with Gasteiger partial charge in [-0.1, -0.05) is 66.2 Å². The molecular weight excluding hydrogens is 384 g/mol. The van der Waals surface area contributed by atoms with Crippen molar-refractivity contribution in [1.29, 1.82) is 0 Å². The molecule has 3 aromatic carbocycles. The van der Waals surface area contributed by atoms with E-state index in [0.29, 0.717) is 16.5 Å².